The van der Waals surface area contributed by atoms with Gasteiger partial charge in [0.15, 0.2) is 5.96 Å². The molecule has 0 saturated carbocycles. The highest BCUT2D eigenvalue weighted by atomic mass is 16.5. The number of hydrogen-bond donors (Lipinski definition) is 2. The molecule has 1 saturated heterocycles. The van der Waals surface area contributed by atoms with Crippen molar-refractivity contribution in [3.63, 3.8) is 0 Å². The highest BCUT2D eigenvalue weighted by Gasteiger charge is 2.28. The number of esters is 1. The SMILES string of the molecule is CN=C(NCc1cc(C(=O)OC)c(C)o1)NCC(C)(C)N1CCOCC1. The fourth-order valence-corrected chi connectivity index (χ4v) is 2.92. The van der Waals surface area contributed by atoms with Gasteiger partial charge in [-0.15, -0.1) is 0 Å². The van der Waals surface area contributed by atoms with Crippen LogP contribution in [0, 0.1) is 6.92 Å². The summed E-state index contributed by atoms with van der Waals surface area (Å²) in [6.07, 6.45) is 0. The van der Waals surface area contributed by atoms with Gasteiger partial charge in [0.1, 0.15) is 17.1 Å². The molecule has 1 aromatic heterocycles. The smallest absolute Gasteiger partial charge is 0.341 e. The Labute approximate surface area is 154 Å². The minimum Gasteiger partial charge on any atom is -0.465 e. The van der Waals surface area contributed by atoms with Gasteiger partial charge in [-0.3, -0.25) is 9.89 Å². The quantitative estimate of drug-likeness (QED) is 0.443. The van der Waals surface area contributed by atoms with Crippen LogP contribution in [-0.4, -0.2) is 69.4 Å². The van der Waals surface area contributed by atoms with Crippen LogP contribution in [0.25, 0.3) is 0 Å². The third-order valence-corrected chi connectivity index (χ3v) is 4.58. The van der Waals surface area contributed by atoms with E-state index in [0.717, 1.165) is 32.8 Å². The molecule has 2 rings (SSSR count). The first kappa shape index (κ1) is 20.3. The van der Waals surface area contributed by atoms with Crippen LogP contribution in [0.3, 0.4) is 0 Å². The minimum absolute atomic E-state index is 0.0132. The molecule has 0 aromatic carbocycles. The molecule has 2 N–H and O–H groups in total. The Balaban J connectivity index is 1.87. The number of furan rings is 1. The molecule has 0 atom stereocenters. The van der Waals surface area contributed by atoms with Crippen LogP contribution in [0.4, 0.5) is 0 Å². The molecule has 0 unspecified atom stereocenters. The Morgan fingerprint density at radius 1 is 1.35 bits per heavy atom. The van der Waals surface area contributed by atoms with E-state index in [1.807, 2.05) is 0 Å². The normalized spacial score (nSPS) is 16.4. The molecule has 0 spiro atoms. The number of nitrogens with zero attached hydrogens (tertiary/aromatic N) is 2. The van der Waals surface area contributed by atoms with E-state index < -0.39 is 5.97 Å². The molecular weight excluding hydrogens is 336 g/mol. The number of rotatable bonds is 6. The van der Waals surface area contributed by atoms with E-state index in [4.69, 9.17) is 13.9 Å². The monoisotopic (exact) mass is 366 g/mol. The average Bonchev–Trinajstić information content (AvgIpc) is 3.02. The second-order valence-corrected chi connectivity index (χ2v) is 6.87. The summed E-state index contributed by atoms with van der Waals surface area (Å²) in [7, 11) is 3.08. The first-order chi connectivity index (χ1) is 12.4. The number of carbonyl (C=O) groups excluding carboxylic acids is 1. The third kappa shape index (κ3) is 5.22. The van der Waals surface area contributed by atoms with Crippen LogP contribution in [-0.2, 0) is 16.0 Å². The van der Waals surface area contributed by atoms with Crippen molar-refractivity contribution in [3.8, 4) is 0 Å². The van der Waals surface area contributed by atoms with E-state index in [9.17, 15) is 4.79 Å². The highest BCUT2D eigenvalue weighted by Crippen LogP contribution is 2.16. The molecule has 1 aromatic rings. The minimum atomic E-state index is -0.396. The zero-order valence-corrected chi connectivity index (χ0v) is 16.3. The molecule has 1 fully saturated rings. The molecule has 8 heteroatoms. The molecule has 8 nitrogen and oxygen atoms in total. The van der Waals surface area contributed by atoms with Gasteiger partial charge < -0.3 is 24.5 Å². The summed E-state index contributed by atoms with van der Waals surface area (Å²) in [6, 6.07) is 1.69. The average molecular weight is 366 g/mol. The second-order valence-electron chi connectivity index (χ2n) is 6.87. The number of hydrogen-bond acceptors (Lipinski definition) is 6. The molecule has 0 radical (unpaired) electrons. The Bertz CT molecular complexity index is 633. The number of ether oxygens (including phenoxy) is 2. The lowest BCUT2D eigenvalue weighted by atomic mass is 10.0. The number of nitrogens with one attached hydrogen (secondary N) is 2. The summed E-state index contributed by atoms with van der Waals surface area (Å²) in [4.78, 5) is 18.3. The van der Waals surface area contributed by atoms with Crippen LogP contribution in [0.5, 0.6) is 0 Å². The number of carbonyl (C=O) groups is 1. The standard InChI is InChI=1S/C18H30N4O4/c1-13-15(16(23)24-5)10-14(26-13)11-20-17(19-4)21-12-18(2,3)22-6-8-25-9-7-22/h10H,6-9,11-12H2,1-5H3,(H2,19,20,21). The van der Waals surface area contributed by atoms with Crippen LogP contribution >= 0.6 is 0 Å². The zero-order chi connectivity index (χ0) is 19.2. The van der Waals surface area contributed by atoms with Crippen LogP contribution < -0.4 is 10.6 Å². The van der Waals surface area contributed by atoms with Gasteiger partial charge in [-0.25, -0.2) is 4.79 Å². The maximum atomic E-state index is 11.7. The second kappa shape index (κ2) is 9.05. The molecule has 26 heavy (non-hydrogen) atoms. The fraction of sp³-hybridized carbons (Fsp3) is 0.667. The number of guanidine groups is 1. The Kier molecular flexibility index (Phi) is 7.05. The Morgan fingerprint density at radius 2 is 2.04 bits per heavy atom. The predicted octanol–water partition coefficient (Wildman–Crippen LogP) is 1.15. The largest absolute Gasteiger partial charge is 0.465 e. The Morgan fingerprint density at radius 3 is 2.65 bits per heavy atom. The van der Waals surface area contributed by atoms with Crippen molar-refractivity contribution in [2.45, 2.75) is 32.9 Å². The summed E-state index contributed by atoms with van der Waals surface area (Å²) in [6.45, 7) is 10.7. The number of aryl methyl sites for hydroxylation is 1. The van der Waals surface area contributed by atoms with Gasteiger partial charge in [0, 0.05) is 32.2 Å². The predicted molar refractivity (Wildman–Crippen MR) is 99.5 cm³/mol. The van der Waals surface area contributed by atoms with E-state index in [1.165, 1.54) is 7.11 Å². The molecule has 0 aliphatic carbocycles. The van der Waals surface area contributed by atoms with Crippen molar-refractivity contribution in [2.75, 3.05) is 47.0 Å². The van der Waals surface area contributed by atoms with Gasteiger partial charge in [0.25, 0.3) is 0 Å². The lowest BCUT2D eigenvalue weighted by Crippen LogP contribution is -2.56. The molecular formula is C18H30N4O4. The van der Waals surface area contributed by atoms with E-state index in [0.29, 0.717) is 29.6 Å². The Hall–Kier alpha value is -2.06. The van der Waals surface area contributed by atoms with E-state index in [2.05, 4.69) is 34.4 Å². The van der Waals surface area contributed by atoms with E-state index in [-0.39, 0.29) is 5.54 Å². The highest BCUT2D eigenvalue weighted by molar-refractivity contribution is 5.90. The third-order valence-electron chi connectivity index (χ3n) is 4.58. The van der Waals surface area contributed by atoms with Gasteiger partial charge in [-0.05, 0) is 26.8 Å². The summed E-state index contributed by atoms with van der Waals surface area (Å²) < 4.78 is 15.8. The molecule has 2 heterocycles. The number of aliphatic imine (C=N–C) groups is 1. The summed E-state index contributed by atoms with van der Waals surface area (Å²) in [5.74, 6) is 1.48. The lowest BCUT2D eigenvalue weighted by Gasteiger charge is -2.41. The van der Waals surface area contributed by atoms with Crippen molar-refractivity contribution < 1.29 is 18.7 Å². The first-order valence-corrected chi connectivity index (χ1v) is 8.82. The van der Waals surface area contributed by atoms with Gasteiger partial charge in [0.05, 0.1) is 26.9 Å². The molecule has 0 bridgehead atoms. The topological polar surface area (TPSA) is 88.3 Å². The fourth-order valence-electron chi connectivity index (χ4n) is 2.92. The lowest BCUT2D eigenvalue weighted by molar-refractivity contribution is -0.00834. The molecule has 0 amide bonds. The zero-order valence-electron chi connectivity index (χ0n) is 16.3. The van der Waals surface area contributed by atoms with Crippen molar-refractivity contribution in [1.29, 1.82) is 0 Å². The molecule has 146 valence electrons. The maximum absolute atomic E-state index is 11.7. The first-order valence-electron chi connectivity index (χ1n) is 8.82. The van der Waals surface area contributed by atoms with Crippen molar-refractivity contribution in [1.82, 2.24) is 15.5 Å². The van der Waals surface area contributed by atoms with Crippen molar-refractivity contribution in [2.24, 2.45) is 4.99 Å². The van der Waals surface area contributed by atoms with Gasteiger partial charge in [-0.1, -0.05) is 0 Å². The molecule has 1 aliphatic rings. The molecule has 1 aliphatic heterocycles. The van der Waals surface area contributed by atoms with Crippen LogP contribution in [0.15, 0.2) is 15.5 Å². The summed E-state index contributed by atoms with van der Waals surface area (Å²) in [5.41, 5.74) is 0.432. The summed E-state index contributed by atoms with van der Waals surface area (Å²) >= 11 is 0. The van der Waals surface area contributed by atoms with Gasteiger partial charge >= 0.3 is 5.97 Å². The van der Waals surface area contributed by atoms with Gasteiger partial charge in [-0.2, -0.15) is 0 Å². The summed E-state index contributed by atoms with van der Waals surface area (Å²) in [5, 5.41) is 6.56. The van der Waals surface area contributed by atoms with E-state index in [1.54, 1.807) is 20.0 Å². The maximum Gasteiger partial charge on any atom is 0.341 e. The van der Waals surface area contributed by atoms with Crippen molar-refractivity contribution >= 4 is 11.9 Å². The van der Waals surface area contributed by atoms with Crippen LogP contribution in [0.1, 0.15) is 35.7 Å². The van der Waals surface area contributed by atoms with Gasteiger partial charge in [0.2, 0.25) is 0 Å². The van der Waals surface area contributed by atoms with Crippen molar-refractivity contribution in [3.05, 3.63) is 23.2 Å². The number of methoxy groups -OCH3 is 1. The van der Waals surface area contributed by atoms with E-state index >= 15 is 0 Å². The number of morpholine rings is 1. The van der Waals surface area contributed by atoms with Crippen LogP contribution in [0.2, 0.25) is 0 Å².